The zero-order valence-electron chi connectivity index (χ0n) is 12.0. The maximum atomic E-state index is 12.1. The molecule has 21 heavy (non-hydrogen) atoms. The van der Waals surface area contributed by atoms with Gasteiger partial charge in [-0.2, -0.15) is 5.10 Å². The highest BCUT2D eigenvalue weighted by Crippen LogP contribution is 2.48. The summed E-state index contributed by atoms with van der Waals surface area (Å²) in [6.07, 6.45) is 5.13. The van der Waals surface area contributed by atoms with Gasteiger partial charge in [-0.15, -0.1) is 0 Å². The van der Waals surface area contributed by atoms with Gasteiger partial charge in [0.15, 0.2) is 0 Å². The summed E-state index contributed by atoms with van der Waals surface area (Å²) in [6, 6.07) is 4.38. The summed E-state index contributed by atoms with van der Waals surface area (Å²) in [7, 11) is 0. The number of halogens is 1. The molecule has 2 saturated carbocycles. The fraction of sp³-hybridized carbons (Fsp3) is 0.500. The van der Waals surface area contributed by atoms with Gasteiger partial charge < -0.3 is 5.11 Å². The maximum absolute atomic E-state index is 12.1. The Morgan fingerprint density at radius 2 is 2.19 bits per heavy atom. The Kier molecular flexibility index (Phi) is 3.89. The van der Waals surface area contributed by atoms with Crippen LogP contribution in [0.1, 0.15) is 43.0 Å². The van der Waals surface area contributed by atoms with Crippen LogP contribution in [-0.2, 0) is 0 Å². The molecular formula is C16H19ClN2O2. The van der Waals surface area contributed by atoms with Crippen molar-refractivity contribution in [1.82, 2.24) is 5.43 Å². The van der Waals surface area contributed by atoms with E-state index in [1.807, 2.05) is 6.92 Å². The van der Waals surface area contributed by atoms with Gasteiger partial charge >= 0.3 is 0 Å². The smallest absolute Gasteiger partial charge is 0.275 e. The first-order valence-corrected chi connectivity index (χ1v) is 7.75. The van der Waals surface area contributed by atoms with Crippen molar-refractivity contribution in [3.8, 4) is 5.75 Å². The average molecular weight is 307 g/mol. The summed E-state index contributed by atoms with van der Waals surface area (Å²) in [5.74, 6) is 1.55. The minimum Gasteiger partial charge on any atom is -0.507 e. The van der Waals surface area contributed by atoms with E-state index in [9.17, 15) is 9.90 Å². The third-order valence-electron chi connectivity index (χ3n) is 4.81. The van der Waals surface area contributed by atoms with Crippen LogP contribution in [0, 0.1) is 17.8 Å². The van der Waals surface area contributed by atoms with Crippen LogP contribution in [0.5, 0.6) is 5.75 Å². The molecule has 0 unspecified atom stereocenters. The Bertz CT molecular complexity index is 600. The topological polar surface area (TPSA) is 61.7 Å². The van der Waals surface area contributed by atoms with Crippen molar-refractivity contribution in [2.45, 2.75) is 32.6 Å². The van der Waals surface area contributed by atoms with Crippen molar-refractivity contribution in [2.24, 2.45) is 22.9 Å². The molecule has 0 saturated heterocycles. The summed E-state index contributed by atoms with van der Waals surface area (Å²) in [5, 5.41) is 14.3. The third kappa shape index (κ3) is 2.91. The molecule has 112 valence electrons. The van der Waals surface area contributed by atoms with Crippen LogP contribution in [0.15, 0.2) is 23.3 Å². The Labute approximate surface area is 129 Å². The van der Waals surface area contributed by atoms with Crippen LogP contribution in [0.3, 0.4) is 0 Å². The molecule has 0 aromatic heterocycles. The predicted molar refractivity (Wildman–Crippen MR) is 82.6 cm³/mol. The zero-order chi connectivity index (χ0) is 15.0. The SMILES string of the molecule is C/C(=N/NC(=O)c1cc(Cl)ccc1O)[C@@H]1C[C@@H]2CC[C@@H]1C2. The molecule has 4 nitrogen and oxygen atoms in total. The van der Waals surface area contributed by atoms with Gasteiger partial charge in [0.2, 0.25) is 0 Å². The van der Waals surface area contributed by atoms with Gasteiger partial charge in [-0.25, -0.2) is 5.43 Å². The van der Waals surface area contributed by atoms with E-state index in [0.29, 0.717) is 10.9 Å². The van der Waals surface area contributed by atoms with Crippen molar-refractivity contribution in [2.75, 3.05) is 0 Å². The number of aromatic hydroxyl groups is 1. The highest BCUT2D eigenvalue weighted by molar-refractivity contribution is 6.31. The van der Waals surface area contributed by atoms with E-state index in [1.165, 1.54) is 43.9 Å². The van der Waals surface area contributed by atoms with Crippen LogP contribution in [0.4, 0.5) is 0 Å². The van der Waals surface area contributed by atoms with Gasteiger partial charge in [-0.1, -0.05) is 18.0 Å². The number of hydrazone groups is 1. The van der Waals surface area contributed by atoms with Crippen LogP contribution < -0.4 is 5.43 Å². The summed E-state index contributed by atoms with van der Waals surface area (Å²) < 4.78 is 0. The van der Waals surface area contributed by atoms with Gasteiger partial charge in [0.25, 0.3) is 5.91 Å². The number of carbonyl (C=O) groups excluding carboxylic acids is 1. The van der Waals surface area contributed by atoms with Gasteiger partial charge in [0.05, 0.1) is 5.56 Å². The first kappa shape index (κ1) is 14.4. The molecule has 5 heteroatoms. The van der Waals surface area contributed by atoms with E-state index in [2.05, 4.69) is 10.5 Å². The van der Waals surface area contributed by atoms with Crippen molar-refractivity contribution in [1.29, 1.82) is 0 Å². The predicted octanol–water partition coefficient (Wildman–Crippen LogP) is 3.59. The lowest BCUT2D eigenvalue weighted by molar-refractivity contribution is 0.0951. The molecule has 0 heterocycles. The molecular weight excluding hydrogens is 288 g/mol. The first-order valence-electron chi connectivity index (χ1n) is 7.37. The van der Waals surface area contributed by atoms with Crippen LogP contribution >= 0.6 is 11.6 Å². The molecule has 0 radical (unpaired) electrons. The molecule has 1 amide bonds. The molecule has 2 aliphatic rings. The number of rotatable bonds is 3. The number of benzene rings is 1. The molecule has 0 aliphatic heterocycles. The van der Waals surface area contributed by atoms with E-state index in [-0.39, 0.29) is 11.3 Å². The maximum Gasteiger partial charge on any atom is 0.275 e. The van der Waals surface area contributed by atoms with Gasteiger partial charge in [0.1, 0.15) is 5.75 Å². The molecule has 3 rings (SSSR count). The standard InChI is InChI=1S/C16H19ClN2O2/c1-9(13-7-10-2-3-11(13)6-10)18-19-16(21)14-8-12(17)4-5-15(14)20/h4-5,8,10-11,13,20H,2-3,6-7H2,1H3,(H,19,21)/b18-9-/t10-,11-,13+/m1/s1. The normalized spacial score (nSPS) is 27.9. The highest BCUT2D eigenvalue weighted by Gasteiger charge is 2.40. The second kappa shape index (κ2) is 5.68. The largest absolute Gasteiger partial charge is 0.507 e. The van der Waals surface area contributed by atoms with Crippen molar-refractivity contribution in [3.63, 3.8) is 0 Å². The van der Waals surface area contributed by atoms with Crippen molar-refractivity contribution < 1.29 is 9.90 Å². The second-order valence-electron chi connectivity index (χ2n) is 6.14. The molecule has 2 N–H and O–H groups in total. The molecule has 2 fully saturated rings. The highest BCUT2D eigenvalue weighted by atomic mass is 35.5. The zero-order valence-corrected chi connectivity index (χ0v) is 12.7. The minimum absolute atomic E-state index is 0.0929. The van der Waals surface area contributed by atoms with Crippen LogP contribution in [0.25, 0.3) is 0 Å². The Morgan fingerprint density at radius 3 is 2.86 bits per heavy atom. The summed E-state index contributed by atoms with van der Waals surface area (Å²) in [6.45, 7) is 1.98. The summed E-state index contributed by atoms with van der Waals surface area (Å²) >= 11 is 5.84. The summed E-state index contributed by atoms with van der Waals surface area (Å²) in [5.41, 5.74) is 3.66. The molecule has 3 atom stereocenters. The fourth-order valence-electron chi connectivity index (χ4n) is 3.73. The van der Waals surface area contributed by atoms with Crippen LogP contribution in [0.2, 0.25) is 5.02 Å². The molecule has 1 aromatic carbocycles. The van der Waals surface area contributed by atoms with Crippen LogP contribution in [-0.4, -0.2) is 16.7 Å². The van der Waals surface area contributed by atoms with Crippen molar-refractivity contribution >= 4 is 23.2 Å². The molecule has 2 bridgehead atoms. The monoisotopic (exact) mass is 306 g/mol. The van der Waals surface area contributed by atoms with E-state index < -0.39 is 5.91 Å². The van der Waals surface area contributed by atoms with Gasteiger partial charge in [-0.05, 0) is 56.2 Å². The number of fused-ring (bicyclic) bond motifs is 2. The summed E-state index contributed by atoms with van der Waals surface area (Å²) in [4.78, 5) is 12.1. The Morgan fingerprint density at radius 1 is 1.38 bits per heavy atom. The van der Waals surface area contributed by atoms with E-state index in [4.69, 9.17) is 11.6 Å². The average Bonchev–Trinajstić information content (AvgIpc) is 3.09. The van der Waals surface area contributed by atoms with Gasteiger partial charge in [0, 0.05) is 16.7 Å². The number of nitrogens with one attached hydrogen (secondary N) is 1. The van der Waals surface area contributed by atoms with E-state index in [0.717, 1.165) is 17.5 Å². The third-order valence-corrected chi connectivity index (χ3v) is 5.05. The lowest BCUT2D eigenvalue weighted by Gasteiger charge is -2.21. The fourth-order valence-corrected chi connectivity index (χ4v) is 3.90. The quantitative estimate of drug-likeness (QED) is 0.662. The van der Waals surface area contributed by atoms with E-state index in [1.54, 1.807) is 0 Å². The number of phenolic OH excluding ortho intramolecular Hbond substituents is 1. The number of hydrogen-bond acceptors (Lipinski definition) is 3. The lowest BCUT2D eigenvalue weighted by atomic mass is 9.86. The number of nitrogens with zero attached hydrogens (tertiary/aromatic N) is 1. The number of amides is 1. The molecule has 1 aromatic rings. The lowest BCUT2D eigenvalue weighted by Crippen LogP contribution is -2.24. The Balaban J connectivity index is 1.67. The van der Waals surface area contributed by atoms with E-state index >= 15 is 0 Å². The van der Waals surface area contributed by atoms with Gasteiger partial charge in [-0.3, -0.25) is 4.79 Å². The number of hydrogen-bond donors (Lipinski definition) is 2. The number of phenols is 1. The molecule has 2 aliphatic carbocycles. The second-order valence-corrected chi connectivity index (χ2v) is 6.57. The minimum atomic E-state index is -0.433. The first-order chi connectivity index (χ1) is 10.0. The van der Waals surface area contributed by atoms with Crippen molar-refractivity contribution in [3.05, 3.63) is 28.8 Å². The number of carbonyl (C=O) groups is 1. The Hall–Kier alpha value is -1.55. The molecule has 0 spiro atoms.